The lowest BCUT2D eigenvalue weighted by atomic mass is 9.71. The summed E-state index contributed by atoms with van der Waals surface area (Å²) in [5, 5.41) is 12.3. The van der Waals surface area contributed by atoms with E-state index in [2.05, 4.69) is 43.2 Å². The summed E-state index contributed by atoms with van der Waals surface area (Å²) in [5.74, 6) is 0.0534. The maximum Gasteiger partial charge on any atom is 0.305 e. The first-order valence-electron chi connectivity index (χ1n) is 9.34. The van der Waals surface area contributed by atoms with Gasteiger partial charge in [0.05, 0.1) is 18.7 Å². The summed E-state index contributed by atoms with van der Waals surface area (Å²) in [6.45, 7) is 7.99. The highest BCUT2D eigenvalue weighted by Crippen LogP contribution is 2.42. The molecule has 6 heteroatoms. The summed E-state index contributed by atoms with van der Waals surface area (Å²) in [6.07, 6.45) is 5.04. The normalized spacial score (nSPS) is 23.1. The molecule has 142 valence electrons. The molecule has 0 spiro atoms. The standard InChI is InChI=1S/C20H28N2O2S2/c1-14-6-9-20(3,10-7-14)17-13-25-19(21-17)22(11-8-18(23)24)12-16-5-4-15(2)26-16/h4-5,13-14H,6-12H2,1-3H3,(H,23,24). The number of carboxylic acid groups (broad SMARTS) is 1. The molecular formula is C20H28N2O2S2. The molecule has 0 bridgehead atoms. The van der Waals surface area contributed by atoms with Crippen molar-refractivity contribution >= 4 is 33.8 Å². The second-order valence-corrected chi connectivity index (χ2v) is 10.0. The van der Waals surface area contributed by atoms with Gasteiger partial charge in [0.2, 0.25) is 0 Å². The number of thiazole rings is 1. The Labute approximate surface area is 163 Å². The molecule has 0 amide bonds. The molecule has 2 heterocycles. The Morgan fingerprint density at radius 3 is 2.73 bits per heavy atom. The van der Waals surface area contributed by atoms with Gasteiger partial charge < -0.3 is 10.0 Å². The van der Waals surface area contributed by atoms with Crippen molar-refractivity contribution in [3.05, 3.63) is 33.0 Å². The van der Waals surface area contributed by atoms with E-state index in [0.29, 0.717) is 6.54 Å². The topological polar surface area (TPSA) is 53.4 Å². The van der Waals surface area contributed by atoms with Gasteiger partial charge >= 0.3 is 5.97 Å². The van der Waals surface area contributed by atoms with E-state index in [1.807, 2.05) is 0 Å². The predicted octanol–water partition coefficient (Wildman–Crippen LogP) is 5.46. The lowest BCUT2D eigenvalue weighted by Gasteiger charge is -2.35. The number of aliphatic carboxylic acids is 1. The molecule has 0 aromatic carbocycles. The van der Waals surface area contributed by atoms with Gasteiger partial charge in [-0.3, -0.25) is 4.79 Å². The first-order valence-corrected chi connectivity index (χ1v) is 11.0. The summed E-state index contributed by atoms with van der Waals surface area (Å²) in [5.41, 5.74) is 1.35. The van der Waals surface area contributed by atoms with Gasteiger partial charge in [0.15, 0.2) is 5.13 Å². The Morgan fingerprint density at radius 1 is 1.38 bits per heavy atom. The molecule has 2 aromatic rings. The minimum Gasteiger partial charge on any atom is -0.481 e. The fourth-order valence-electron chi connectivity index (χ4n) is 3.57. The van der Waals surface area contributed by atoms with E-state index in [1.54, 1.807) is 22.7 Å². The van der Waals surface area contributed by atoms with Crippen LogP contribution in [0.3, 0.4) is 0 Å². The minimum absolute atomic E-state index is 0.133. The fraction of sp³-hybridized carbons (Fsp3) is 0.600. The Bertz CT molecular complexity index is 745. The molecule has 1 aliphatic carbocycles. The highest BCUT2D eigenvalue weighted by Gasteiger charge is 2.33. The maximum atomic E-state index is 11.1. The van der Waals surface area contributed by atoms with E-state index < -0.39 is 5.97 Å². The molecule has 1 N–H and O–H groups in total. The molecule has 0 atom stereocenters. The van der Waals surface area contributed by atoms with Crippen molar-refractivity contribution in [3.8, 4) is 0 Å². The molecule has 0 saturated heterocycles. The highest BCUT2D eigenvalue weighted by atomic mass is 32.1. The van der Waals surface area contributed by atoms with Crippen LogP contribution in [0.25, 0.3) is 0 Å². The zero-order valence-electron chi connectivity index (χ0n) is 15.8. The van der Waals surface area contributed by atoms with Gasteiger partial charge in [-0.25, -0.2) is 4.98 Å². The lowest BCUT2D eigenvalue weighted by molar-refractivity contribution is -0.136. The molecule has 1 fully saturated rings. The van der Waals surface area contributed by atoms with Crippen molar-refractivity contribution in [2.75, 3.05) is 11.4 Å². The predicted molar refractivity (Wildman–Crippen MR) is 109 cm³/mol. The van der Waals surface area contributed by atoms with E-state index in [0.717, 1.165) is 17.6 Å². The second-order valence-electron chi connectivity index (χ2n) is 7.84. The number of aryl methyl sites for hydroxylation is 1. The number of thiophene rings is 1. The number of carbonyl (C=O) groups is 1. The van der Waals surface area contributed by atoms with E-state index in [4.69, 9.17) is 10.1 Å². The number of nitrogens with zero attached hydrogens (tertiary/aromatic N) is 2. The Kier molecular flexibility index (Phi) is 6.03. The van der Waals surface area contributed by atoms with Gasteiger partial charge in [-0.15, -0.1) is 22.7 Å². The van der Waals surface area contributed by atoms with Gasteiger partial charge in [0, 0.05) is 27.1 Å². The Balaban J connectivity index is 1.77. The van der Waals surface area contributed by atoms with E-state index >= 15 is 0 Å². The van der Waals surface area contributed by atoms with Crippen molar-refractivity contribution in [1.82, 2.24) is 4.98 Å². The van der Waals surface area contributed by atoms with Crippen LogP contribution in [0.5, 0.6) is 0 Å². The summed E-state index contributed by atoms with van der Waals surface area (Å²) in [6, 6.07) is 4.25. The largest absolute Gasteiger partial charge is 0.481 e. The minimum atomic E-state index is -0.762. The van der Waals surface area contributed by atoms with Crippen molar-refractivity contribution in [2.45, 2.75) is 64.8 Å². The molecular weight excluding hydrogens is 364 g/mol. The number of carboxylic acids is 1. The smallest absolute Gasteiger partial charge is 0.305 e. The first kappa shape index (κ1) is 19.4. The summed E-state index contributed by atoms with van der Waals surface area (Å²) in [7, 11) is 0. The third kappa shape index (κ3) is 4.65. The second kappa shape index (κ2) is 8.09. The van der Waals surface area contributed by atoms with Gasteiger partial charge in [-0.2, -0.15) is 0 Å². The Hall–Kier alpha value is -1.40. The molecule has 1 aliphatic rings. The summed E-state index contributed by atoms with van der Waals surface area (Å²) in [4.78, 5) is 20.7. The molecule has 4 nitrogen and oxygen atoms in total. The molecule has 2 aromatic heterocycles. The molecule has 0 aliphatic heterocycles. The third-order valence-corrected chi connectivity index (χ3v) is 7.38. The van der Waals surface area contributed by atoms with E-state index in [9.17, 15) is 4.79 Å². The van der Waals surface area contributed by atoms with Crippen molar-refractivity contribution in [3.63, 3.8) is 0 Å². The van der Waals surface area contributed by atoms with Crippen LogP contribution in [0.15, 0.2) is 17.5 Å². The van der Waals surface area contributed by atoms with E-state index in [-0.39, 0.29) is 11.8 Å². The fourth-order valence-corrected chi connectivity index (χ4v) is 5.49. The molecule has 1 saturated carbocycles. The first-order chi connectivity index (χ1) is 12.4. The van der Waals surface area contributed by atoms with Gasteiger partial charge in [0.1, 0.15) is 0 Å². The van der Waals surface area contributed by atoms with Crippen LogP contribution in [0.2, 0.25) is 0 Å². The lowest BCUT2D eigenvalue weighted by Crippen LogP contribution is -2.29. The molecule has 0 unspecified atom stereocenters. The van der Waals surface area contributed by atoms with Crippen molar-refractivity contribution in [2.24, 2.45) is 5.92 Å². The van der Waals surface area contributed by atoms with Crippen LogP contribution in [0.4, 0.5) is 5.13 Å². The number of aromatic nitrogens is 1. The van der Waals surface area contributed by atoms with E-state index in [1.165, 1.54) is 41.1 Å². The quantitative estimate of drug-likeness (QED) is 0.679. The van der Waals surface area contributed by atoms with Crippen LogP contribution in [-0.2, 0) is 16.8 Å². The van der Waals surface area contributed by atoms with Crippen LogP contribution in [-0.4, -0.2) is 22.6 Å². The highest BCUT2D eigenvalue weighted by molar-refractivity contribution is 7.14. The summed E-state index contributed by atoms with van der Waals surface area (Å²) < 4.78 is 0. The van der Waals surface area contributed by atoms with Gasteiger partial charge in [-0.05, 0) is 50.7 Å². The summed E-state index contributed by atoms with van der Waals surface area (Å²) >= 11 is 3.42. The Morgan fingerprint density at radius 2 is 2.12 bits per heavy atom. The van der Waals surface area contributed by atoms with Crippen molar-refractivity contribution < 1.29 is 9.90 Å². The SMILES string of the molecule is Cc1ccc(CN(CCC(=O)O)c2nc(C3(C)CCC(C)CC3)cs2)s1. The number of hydrogen-bond acceptors (Lipinski definition) is 5. The third-order valence-electron chi connectivity index (χ3n) is 5.50. The maximum absolute atomic E-state index is 11.1. The molecule has 3 rings (SSSR count). The number of anilines is 1. The van der Waals surface area contributed by atoms with Gasteiger partial charge in [0.25, 0.3) is 0 Å². The average molecular weight is 393 g/mol. The van der Waals surface area contributed by atoms with Crippen LogP contribution in [0, 0.1) is 12.8 Å². The average Bonchev–Trinajstić information content (AvgIpc) is 3.24. The number of rotatable bonds is 7. The van der Waals surface area contributed by atoms with Crippen LogP contribution < -0.4 is 4.90 Å². The number of hydrogen-bond donors (Lipinski definition) is 1. The molecule has 0 radical (unpaired) electrons. The van der Waals surface area contributed by atoms with Gasteiger partial charge in [-0.1, -0.05) is 13.8 Å². The monoisotopic (exact) mass is 392 g/mol. The van der Waals surface area contributed by atoms with Crippen molar-refractivity contribution in [1.29, 1.82) is 0 Å². The molecule has 26 heavy (non-hydrogen) atoms. The zero-order chi connectivity index (χ0) is 18.7. The van der Waals surface area contributed by atoms with Crippen LogP contribution in [0.1, 0.15) is 61.4 Å². The zero-order valence-corrected chi connectivity index (χ0v) is 17.5. The van der Waals surface area contributed by atoms with Crippen LogP contribution >= 0.6 is 22.7 Å².